The van der Waals surface area contributed by atoms with Crippen molar-refractivity contribution in [1.29, 1.82) is 0 Å². The fourth-order valence-electron chi connectivity index (χ4n) is 2.81. The first kappa shape index (κ1) is 13.4. The Morgan fingerprint density at radius 3 is 2.95 bits per heavy atom. The van der Waals surface area contributed by atoms with Gasteiger partial charge in [0.25, 0.3) is 0 Å². The van der Waals surface area contributed by atoms with Gasteiger partial charge in [-0.05, 0) is 47.8 Å². The minimum Gasteiger partial charge on any atom is -0.489 e. The SMILES string of the molecule is CC1(C)C(=O)Nc2c(Br)cc3c(c21)OC(CCBr)C3. The largest absolute Gasteiger partial charge is 0.489 e. The number of rotatable bonds is 2. The van der Waals surface area contributed by atoms with Gasteiger partial charge in [0.1, 0.15) is 11.9 Å². The van der Waals surface area contributed by atoms with Crippen LogP contribution in [0.5, 0.6) is 5.75 Å². The molecule has 0 spiro atoms. The van der Waals surface area contributed by atoms with Gasteiger partial charge in [-0.1, -0.05) is 15.9 Å². The van der Waals surface area contributed by atoms with E-state index in [0.29, 0.717) is 0 Å². The molecule has 1 aromatic rings. The van der Waals surface area contributed by atoms with Crippen LogP contribution in [0.1, 0.15) is 31.4 Å². The summed E-state index contributed by atoms with van der Waals surface area (Å²) in [6.45, 7) is 3.89. The van der Waals surface area contributed by atoms with Crippen molar-refractivity contribution in [2.24, 2.45) is 0 Å². The first-order chi connectivity index (χ1) is 8.95. The van der Waals surface area contributed by atoms with Crippen LogP contribution in [0.15, 0.2) is 10.5 Å². The monoisotopic (exact) mass is 387 g/mol. The van der Waals surface area contributed by atoms with Crippen molar-refractivity contribution in [2.75, 3.05) is 10.6 Å². The number of carbonyl (C=O) groups is 1. The second-order valence-electron chi connectivity index (χ2n) is 5.60. The third-order valence-corrected chi connectivity index (χ3v) is 4.99. The number of carbonyl (C=O) groups excluding carboxylic acids is 1. The molecule has 3 nitrogen and oxygen atoms in total. The minimum absolute atomic E-state index is 0.0316. The van der Waals surface area contributed by atoms with E-state index in [2.05, 4.69) is 43.2 Å². The highest BCUT2D eigenvalue weighted by Gasteiger charge is 2.44. The Morgan fingerprint density at radius 2 is 2.26 bits per heavy atom. The molecule has 0 bridgehead atoms. The smallest absolute Gasteiger partial charge is 0.234 e. The summed E-state index contributed by atoms with van der Waals surface area (Å²) in [5, 5.41) is 3.88. The summed E-state index contributed by atoms with van der Waals surface area (Å²) in [5.41, 5.74) is 2.53. The van der Waals surface area contributed by atoms with Crippen LogP contribution in [0.3, 0.4) is 0 Å². The molecule has 2 heterocycles. The Bertz CT molecular complexity index is 569. The van der Waals surface area contributed by atoms with Gasteiger partial charge in [-0.15, -0.1) is 0 Å². The number of fused-ring (bicyclic) bond motifs is 3. The summed E-state index contributed by atoms with van der Waals surface area (Å²) in [6.07, 6.45) is 2.10. The standard InChI is InChI=1S/C14H15Br2NO2/c1-14(2)10-11(17-13(14)18)9(16)6-7-5-8(3-4-15)19-12(7)10/h6,8H,3-5H2,1-2H3,(H,17,18). The van der Waals surface area contributed by atoms with Crippen LogP contribution < -0.4 is 10.1 Å². The number of alkyl halides is 1. The summed E-state index contributed by atoms with van der Waals surface area (Å²) in [5.74, 6) is 0.941. The third-order valence-electron chi connectivity index (χ3n) is 3.90. The molecule has 5 heteroatoms. The molecule has 2 aliphatic heterocycles. The zero-order chi connectivity index (χ0) is 13.8. The lowest BCUT2D eigenvalue weighted by molar-refractivity contribution is -0.119. The Hall–Kier alpha value is -0.550. The quantitative estimate of drug-likeness (QED) is 0.783. The van der Waals surface area contributed by atoms with Crippen molar-refractivity contribution in [3.8, 4) is 5.75 Å². The van der Waals surface area contributed by atoms with Crippen molar-refractivity contribution >= 4 is 43.5 Å². The van der Waals surface area contributed by atoms with E-state index in [4.69, 9.17) is 4.74 Å². The van der Waals surface area contributed by atoms with Gasteiger partial charge in [0, 0.05) is 21.8 Å². The average Bonchev–Trinajstić information content (AvgIpc) is 2.80. The molecule has 3 rings (SSSR count). The number of benzene rings is 1. The lowest BCUT2D eigenvalue weighted by atomic mass is 9.84. The molecule has 1 unspecified atom stereocenters. The number of ether oxygens (including phenoxy) is 1. The summed E-state index contributed by atoms with van der Waals surface area (Å²) in [7, 11) is 0. The van der Waals surface area contributed by atoms with E-state index in [1.807, 2.05) is 13.8 Å². The van der Waals surface area contributed by atoms with Crippen LogP contribution in [0.2, 0.25) is 0 Å². The van der Waals surface area contributed by atoms with Crippen LogP contribution >= 0.6 is 31.9 Å². The van der Waals surface area contributed by atoms with Crippen molar-refractivity contribution in [1.82, 2.24) is 0 Å². The maximum Gasteiger partial charge on any atom is 0.234 e. The molecular weight excluding hydrogens is 374 g/mol. The van der Waals surface area contributed by atoms with E-state index < -0.39 is 5.41 Å². The normalized spacial score (nSPS) is 22.7. The Balaban J connectivity index is 2.12. The zero-order valence-electron chi connectivity index (χ0n) is 10.8. The Labute approximate surface area is 129 Å². The Morgan fingerprint density at radius 1 is 1.53 bits per heavy atom. The van der Waals surface area contributed by atoms with Crippen LogP contribution in [-0.4, -0.2) is 17.3 Å². The fourth-order valence-corrected chi connectivity index (χ4v) is 3.89. The van der Waals surface area contributed by atoms with Gasteiger partial charge >= 0.3 is 0 Å². The highest BCUT2D eigenvalue weighted by Crippen LogP contribution is 2.51. The number of halogens is 2. The van der Waals surface area contributed by atoms with E-state index in [0.717, 1.165) is 39.6 Å². The minimum atomic E-state index is -0.535. The second kappa shape index (κ2) is 4.48. The molecule has 0 radical (unpaired) electrons. The molecule has 0 aliphatic carbocycles. The maximum atomic E-state index is 12.1. The van der Waals surface area contributed by atoms with Gasteiger partial charge in [0.2, 0.25) is 5.91 Å². The highest BCUT2D eigenvalue weighted by molar-refractivity contribution is 9.10. The third kappa shape index (κ3) is 1.93. The summed E-state index contributed by atoms with van der Waals surface area (Å²) in [6, 6.07) is 2.07. The molecule has 1 amide bonds. The molecule has 0 saturated heterocycles. The van der Waals surface area contributed by atoms with Gasteiger partial charge < -0.3 is 10.1 Å². The van der Waals surface area contributed by atoms with Gasteiger partial charge in [-0.2, -0.15) is 0 Å². The number of amides is 1. The molecule has 102 valence electrons. The van der Waals surface area contributed by atoms with E-state index in [-0.39, 0.29) is 12.0 Å². The summed E-state index contributed by atoms with van der Waals surface area (Å²) < 4.78 is 7.03. The van der Waals surface area contributed by atoms with E-state index >= 15 is 0 Å². The topological polar surface area (TPSA) is 38.3 Å². The predicted octanol–water partition coefficient (Wildman–Crippen LogP) is 3.77. The molecule has 0 aromatic heterocycles. The van der Waals surface area contributed by atoms with Gasteiger partial charge in [0.05, 0.1) is 11.1 Å². The van der Waals surface area contributed by atoms with Gasteiger partial charge in [-0.25, -0.2) is 0 Å². The van der Waals surface area contributed by atoms with Crippen molar-refractivity contribution in [3.63, 3.8) is 0 Å². The van der Waals surface area contributed by atoms with Crippen molar-refractivity contribution < 1.29 is 9.53 Å². The summed E-state index contributed by atoms with van der Waals surface area (Å²) in [4.78, 5) is 12.1. The van der Waals surface area contributed by atoms with Crippen LogP contribution in [-0.2, 0) is 16.6 Å². The molecule has 2 aliphatic rings. The second-order valence-corrected chi connectivity index (χ2v) is 7.24. The van der Waals surface area contributed by atoms with E-state index in [1.54, 1.807) is 0 Å². The van der Waals surface area contributed by atoms with E-state index in [9.17, 15) is 4.79 Å². The van der Waals surface area contributed by atoms with Crippen LogP contribution in [0, 0.1) is 0 Å². The molecular formula is C14H15Br2NO2. The van der Waals surface area contributed by atoms with Crippen molar-refractivity contribution in [2.45, 2.75) is 38.2 Å². The first-order valence-corrected chi connectivity index (χ1v) is 8.26. The van der Waals surface area contributed by atoms with Crippen LogP contribution in [0.4, 0.5) is 5.69 Å². The van der Waals surface area contributed by atoms with E-state index in [1.165, 1.54) is 5.56 Å². The molecule has 1 atom stereocenters. The van der Waals surface area contributed by atoms with Crippen molar-refractivity contribution in [3.05, 3.63) is 21.7 Å². The fraction of sp³-hybridized carbons (Fsp3) is 0.500. The molecule has 0 saturated carbocycles. The number of hydrogen-bond acceptors (Lipinski definition) is 2. The molecule has 1 aromatic carbocycles. The lowest BCUT2D eigenvalue weighted by Crippen LogP contribution is -2.27. The number of anilines is 1. The lowest BCUT2D eigenvalue weighted by Gasteiger charge is -2.19. The number of nitrogens with one attached hydrogen (secondary N) is 1. The zero-order valence-corrected chi connectivity index (χ0v) is 14.0. The first-order valence-electron chi connectivity index (χ1n) is 6.35. The summed E-state index contributed by atoms with van der Waals surface area (Å²) >= 11 is 7.02. The van der Waals surface area contributed by atoms with Gasteiger partial charge in [0.15, 0.2) is 0 Å². The highest BCUT2D eigenvalue weighted by atomic mass is 79.9. The molecule has 0 fully saturated rings. The van der Waals surface area contributed by atoms with Crippen LogP contribution in [0.25, 0.3) is 0 Å². The average molecular weight is 389 g/mol. The van der Waals surface area contributed by atoms with Gasteiger partial charge in [-0.3, -0.25) is 4.79 Å². The Kier molecular flexibility index (Phi) is 3.17. The molecule has 19 heavy (non-hydrogen) atoms. The molecule has 1 N–H and O–H groups in total. The number of hydrogen-bond donors (Lipinski definition) is 1. The predicted molar refractivity (Wildman–Crippen MR) is 82.3 cm³/mol. The maximum absolute atomic E-state index is 12.1.